The maximum Gasteiger partial charge on any atom is 0.216 e. The molecular weight excluding hydrogens is 397 g/mol. The Morgan fingerprint density at radius 3 is 2.34 bits per heavy atom. The van der Waals surface area contributed by atoms with Gasteiger partial charge in [0.1, 0.15) is 12.4 Å². The quantitative estimate of drug-likeness (QED) is 0.483. The van der Waals surface area contributed by atoms with Gasteiger partial charge < -0.3 is 4.74 Å². The van der Waals surface area contributed by atoms with Gasteiger partial charge in [0, 0.05) is 11.1 Å². The van der Waals surface area contributed by atoms with Crippen molar-refractivity contribution in [3.8, 4) is 11.1 Å². The topological polar surface area (TPSA) is 21.6 Å². The van der Waals surface area contributed by atoms with Crippen LogP contribution in [-0.4, -0.2) is 18.0 Å². The number of aliphatic imine (C=N–C) groups is 1. The number of halogens is 1. The maximum absolute atomic E-state index is 15.2. The summed E-state index contributed by atoms with van der Waals surface area (Å²) in [5, 5.41) is 0. The lowest BCUT2D eigenvalue weighted by atomic mass is 9.63. The van der Waals surface area contributed by atoms with E-state index in [1.807, 2.05) is 30.3 Å². The summed E-state index contributed by atoms with van der Waals surface area (Å²) in [5.41, 5.74) is 3.54. The summed E-state index contributed by atoms with van der Waals surface area (Å²) in [4.78, 5) is 4.63. The molecule has 2 aromatic carbocycles. The fourth-order valence-corrected chi connectivity index (χ4v) is 6.20. The summed E-state index contributed by atoms with van der Waals surface area (Å²) in [6.45, 7) is 7.07. The number of ether oxygens (including phenoxy) is 1. The Kier molecular flexibility index (Phi) is 5.86. The van der Waals surface area contributed by atoms with Gasteiger partial charge in [-0.1, -0.05) is 44.0 Å². The smallest absolute Gasteiger partial charge is 0.216 e. The molecule has 0 aromatic heterocycles. The zero-order chi connectivity index (χ0) is 22.3. The summed E-state index contributed by atoms with van der Waals surface area (Å²) in [5.74, 6) is 3.78. The van der Waals surface area contributed by atoms with Crippen molar-refractivity contribution in [2.75, 3.05) is 6.61 Å². The van der Waals surface area contributed by atoms with Gasteiger partial charge in [-0.05, 0) is 98.9 Å². The van der Waals surface area contributed by atoms with Crippen molar-refractivity contribution in [3.05, 3.63) is 59.4 Å². The minimum absolute atomic E-state index is 0.109. The van der Waals surface area contributed by atoms with Gasteiger partial charge in [0.15, 0.2) is 0 Å². The Morgan fingerprint density at radius 1 is 0.938 bits per heavy atom. The van der Waals surface area contributed by atoms with Crippen LogP contribution in [-0.2, 0) is 4.74 Å². The first-order valence-corrected chi connectivity index (χ1v) is 12.5. The average Bonchev–Trinajstić information content (AvgIpc) is 3.18. The minimum Gasteiger partial charge on any atom is -0.475 e. The number of rotatable bonds is 4. The van der Waals surface area contributed by atoms with Gasteiger partial charge in [-0.25, -0.2) is 9.38 Å². The van der Waals surface area contributed by atoms with E-state index in [1.165, 1.54) is 50.5 Å². The molecule has 5 rings (SSSR count). The zero-order valence-electron chi connectivity index (χ0n) is 19.7. The standard InChI is InChI=1S/C29H36FNO/c1-4-19-5-6-23-16-24(12-11-22(23)15-19)25-13-14-26(27(30)17-25)20-7-9-21(10-8-20)28-31-29(2,3)18-32-28/h7-10,13-14,17,19,22-24H,4-6,11-12,15-16,18H2,1-3H3. The highest BCUT2D eigenvalue weighted by Crippen LogP contribution is 2.48. The molecule has 3 aliphatic rings. The van der Waals surface area contributed by atoms with Crippen LogP contribution in [0, 0.1) is 23.6 Å². The molecule has 2 aliphatic carbocycles. The Bertz CT molecular complexity index is 993. The van der Waals surface area contributed by atoms with Gasteiger partial charge in [-0.3, -0.25) is 0 Å². The number of hydrogen-bond acceptors (Lipinski definition) is 2. The van der Waals surface area contributed by atoms with Gasteiger partial charge in [0.05, 0.1) is 5.54 Å². The molecular formula is C29H36FNO. The van der Waals surface area contributed by atoms with Crippen molar-refractivity contribution >= 4 is 5.90 Å². The molecule has 170 valence electrons. The highest BCUT2D eigenvalue weighted by Gasteiger charge is 2.35. The molecule has 2 nitrogen and oxygen atoms in total. The molecule has 1 heterocycles. The lowest BCUT2D eigenvalue weighted by molar-refractivity contribution is 0.116. The van der Waals surface area contributed by atoms with Gasteiger partial charge >= 0.3 is 0 Å². The van der Waals surface area contributed by atoms with Gasteiger partial charge in [0.25, 0.3) is 0 Å². The fraction of sp³-hybridized carbons (Fsp3) is 0.552. The van der Waals surface area contributed by atoms with E-state index in [-0.39, 0.29) is 11.4 Å². The Morgan fingerprint density at radius 2 is 1.66 bits per heavy atom. The largest absolute Gasteiger partial charge is 0.475 e. The highest BCUT2D eigenvalue weighted by molar-refractivity contribution is 5.95. The average molecular weight is 434 g/mol. The number of nitrogens with zero attached hydrogens (tertiary/aromatic N) is 1. The van der Waals surface area contributed by atoms with Crippen molar-refractivity contribution in [2.45, 2.75) is 77.2 Å². The number of fused-ring (bicyclic) bond motifs is 1. The fourth-order valence-electron chi connectivity index (χ4n) is 6.20. The van der Waals surface area contributed by atoms with E-state index in [0.717, 1.165) is 28.9 Å². The van der Waals surface area contributed by atoms with Crippen molar-refractivity contribution < 1.29 is 9.13 Å². The second-order valence-electron chi connectivity index (χ2n) is 11.0. The molecule has 32 heavy (non-hydrogen) atoms. The predicted octanol–water partition coefficient (Wildman–Crippen LogP) is 7.76. The van der Waals surface area contributed by atoms with E-state index in [9.17, 15) is 0 Å². The Labute approximate surface area is 192 Å². The molecule has 4 unspecified atom stereocenters. The van der Waals surface area contributed by atoms with Gasteiger partial charge in [-0.2, -0.15) is 0 Å². The first-order valence-electron chi connectivity index (χ1n) is 12.5. The maximum atomic E-state index is 15.2. The number of benzene rings is 2. The Balaban J connectivity index is 1.29. The summed E-state index contributed by atoms with van der Waals surface area (Å²) in [6.07, 6.45) is 9.29. The lowest BCUT2D eigenvalue weighted by Crippen LogP contribution is -2.30. The predicted molar refractivity (Wildman–Crippen MR) is 130 cm³/mol. The van der Waals surface area contributed by atoms with Crippen LogP contribution >= 0.6 is 0 Å². The molecule has 0 amide bonds. The van der Waals surface area contributed by atoms with Crippen LogP contribution in [0.4, 0.5) is 4.39 Å². The molecule has 0 saturated heterocycles. The van der Waals surface area contributed by atoms with Gasteiger partial charge in [0.2, 0.25) is 5.90 Å². The van der Waals surface area contributed by atoms with Crippen LogP contribution in [0.5, 0.6) is 0 Å². The molecule has 2 aromatic rings. The number of hydrogen-bond donors (Lipinski definition) is 0. The molecule has 0 radical (unpaired) electrons. The third kappa shape index (κ3) is 4.36. The SMILES string of the molecule is CCC1CCC2CC(c3ccc(-c4ccc(C5=NC(C)(C)CO5)cc4)c(F)c3)CCC2C1. The summed E-state index contributed by atoms with van der Waals surface area (Å²) in [7, 11) is 0. The molecule has 0 bridgehead atoms. The van der Waals surface area contributed by atoms with E-state index >= 15 is 4.39 Å². The lowest BCUT2D eigenvalue weighted by Gasteiger charge is -2.42. The molecule has 2 fully saturated rings. The third-order valence-electron chi connectivity index (χ3n) is 8.17. The summed E-state index contributed by atoms with van der Waals surface area (Å²) >= 11 is 0. The highest BCUT2D eigenvalue weighted by atomic mass is 19.1. The monoisotopic (exact) mass is 433 g/mol. The van der Waals surface area contributed by atoms with E-state index in [4.69, 9.17) is 4.74 Å². The van der Waals surface area contributed by atoms with E-state index < -0.39 is 0 Å². The van der Waals surface area contributed by atoms with Crippen LogP contribution < -0.4 is 0 Å². The van der Waals surface area contributed by atoms with E-state index in [1.54, 1.807) is 6.07 Å². The molecule has 3 heteroatoms. The van der Waals surface area contributed by atoms with Crippen molar-refractivity contribution in [3.63, 3.8) is 0 Å². The van der Waals surface area contributed by atoms with Crippen LogP contribution in [0.3, 0.4) is 0 Å². The first kappa shape index (κ1) is 21.7. The summed E-state index contributed by atoms with van der Waals surface area (Å²) < 4.78 is 20.9. The van der Waals surface area contributed by atoms with Crippen LogP contribution in [0.15, 0.2) is 47.5 Å². The van der Waals surface area contributed by atoms with Crippen LogP contribution in [0.2, 0.25) is 0 Å². The molecule has 4 atom stereocenters. The van der Waals surface area contributed by atoms with Gasteiger partial charge in [-0.15, -0.1) is 0 Å². The first-order chi connectivity index (χ1) is 15.4. The second-order valence-corrected chi connectivity index (χ2v) is 11.0. The third-order valence-corrected chi connectivity index (χ3v) is 8.17. The molecule has 2 saturated carbocycles. The van der Waals surface area contributed by atoms with E-state index in [2.05, 4.69) is 31.8 Å². The molecule has 0 N–H and O–H groups in total. The van der Waals surface area contributed by atoms with Crippen molar-refractivity contribution in [1.82, 2.24) is 0 Å². The minimum atomic E-state index is -0.176. The van der Waals surface area contributed by atoms with E-state index in [0.29, 0.717) is 24.0 Å². The van der Waals surface area contributed by atoms with Crippen LogP contribution in [0.25, 0.3) is 11.1 Å². The normalized spacial score (nSPS) is 29.2. The Hall–Kier alpha value is -2.16. The van der Waals surface area contributed by atoms with Crippen molar-refractivity contribution in [2.24, 2.45) is 22.7 Å². The zero-order valence-corrected chi connectivity index (χ0v) is 19.7. The molecule has 0 spiro atoms. The summed E-state index contributed by atoms with van der Waals surface area (Å²) in [6, 6.07) is 13.9. The van der Waals surface area contributed by atoms with Crippen molar-refractivity contribution in [1.29, 1.82) is 0 Å². The van der Waals surface area contributed by atoms with Crippen LogP contribution in [0.1, 0.15) is 82.8 Å². The molecule has 1 aliphatic heterocycles. The second kappa shape index (κ2) is 8.65.